The van der Waals surface area contributed by atoms with Crippen LogP contribution >= 0.6 is 22.9 Å². The molecule has 1 aromatic carbocycles. The molecule has 2 aromatic rings. The normalized spacial score (nSPS) is 10.5. The number of aryl methyl sites for hydroxylation is 2. The predicted octanol–water partition coefficient (Wildman–Crippen LogP) is 4.28. The Morgan fingerprint density at radius 1 is 1.41 bits per heavy atom. The molecule has 0 aliphatic heterocycles. The highest BCUT2D eigenvalue weighted by Crippen LogP contribution is 2.23. The van der Waals surface area contributed by atoms with Gasteiger partial charge in [-0.05, 0) is 31.0 Å². The van der Waals surface area contributed by atoms with Gasteiger partial charge in [-0.25, -0.2) is 4.98 Å². The maximum Gasteiger partial charge on any atom is 0.0926 e. The van der Waals surface area contributed by atoms with Crippen molar-refractivity contribution in [3.63, 3.8) is 0 Å². The smallest absolute Gasteiger partial charge is 0.0926 e. The fourth-order valence-corrected chi connectivity index (χ4v) is 2.48. The van der Waals surface area contributed by atoms with Gasteiger partial charge in [0.2, 0.25) is 0 Å². The molecule has 2 rings (SSSR count). The molecular formula is C13H15ClN2S. The van der Waals surface area contributed by atoms with E-state index in [1.54, 1.807) is 11.3 Å². The molecule has 1 N–H and O–H groups in total. The van der Waals surface area contributed by atoms with E-state index >= 15 is 0 Å². The van der Waals surface area contributed by atoms with Crippen LogP contribution in [0, 0.1) is 6.92 Å². The third-order valence-corrected chi connectivity index (χ3v) is 3.86. The lowest BCUT2D eigenvalue weighted by molar-refractivity contribution is 1.01. The summed E-state index contributed by atoms with van der Waals surface area (Å²) in [6.45, 7) is 4.90. The third-order valence-electron chi connectivity index (χ3n) is 2.48. The molecule has 0 atom stereocenters. The topological polar surface area (TPSA) is 24.9 Å². The summed E-state index contributed by atoms with van der Waals surface area (Å²) in [5.41, 5.74) is 3.24. The number of thiazole rings is 1. The standard InChI is InChI=1S/C13H15ClN2S/c1-3-13-16-10(8-17-13)7-15-12-6-9(2)4-5-11(12)14/h4-6,8,15H,3,7H2,1-2H3. The van der Waals surface area contributed by atoms with Crippen molar-refractivity contribution in [1.29, 1.82) is 0 Å². The second kappa shape index (κ2) is 5.52. The summed E-state index contributed by atoms with van der Waals surface area (Å²) in [6, 6.07) is 5.97. The summed E-state index contributed by atoms with van der Waals surface area (Å²) in [6.07, 6.45) is 0.996. The zero-order chi connectivity index (χ0) is 12.3. The van der Waals surface area contributed by atoms with Crippen molar-refractivity contribution in [2.45, 2.75) is 26.8 Å². The molecular weight excluding hydrogens is 252 g/mol. The van der Waals surface area contributed by atoms with Gasteiger partial charge in [0.05, 0.1) is 28.0 Å². The van der Waals surface area contributed by atoms with E-state index < -0.39 is 0 Å². The number of anilines is 1. The van der Waals surface area contributed by atoms with Crippen molar-refractivity contribution in [2.24, 2.45) is 0 Å². The fourth-order valence-electron chi connectivity index (χ4n) is 1.55. The van der Waals surface area contributed by atoms with E-state index in [1.807, 2.05) is 12.1 Å². The molecule has 0 spiro atoms. The quantitative estimate of drug-likeness (QED) is 0.893. The summed E-state index contributed by atoms with van der Waals surface area (Å²) in [4.78, 5) is 4.51. The van der Waals surface area contributed by atoms with Gasteiger partial charge in [-0.3, -0.25) is 0 Å². The molecule has 90 valence electrons. The number of hydrogen-bond acceptors (Lipinski definition) is 3. The summed E-state index contributed by atoms with van der Waals surface area (Å²) >= 11 is 7.82. The fraction of sp³-hybridized carbons (Fsp3) is 0.308. The lowest BCUT2D eigenvalue weighted by Gasteiger charge is -2.07. The van der Waals surface area contributed by atoms with Crippen molar-refractivity contribution >= 4 is 28.6 Å². The SMILES string of the molecule is CCc1nc(CNc2cc(C)ccc2Cl)cs1. The van der Waals surface area contributed by atoms with Gasteiger partial charge in [0.1, 0.15) is 0 Å². The lowest BCUT2D eigenvalue weighted by Crippen LogP contribution is -2.00. The Bertz CT molecular complexity index is 508. The van der Waals surface area contributed by atoms with Crippen molar-refractivity contribution in [1.82, 2.24) is 4.98 Å². The van der Waals surface area contributed by atoms with Crippen LogP contribution in [0.5, 0.6) is 0 Å². The Morgan fingerprint density at radius 2 is 2.24 bits per heavy atom. The molecule has 0 bridgehead atoms. The van der Waals surface area contributed by atoms with Crippen LogP contribution < -0.4 is 5.32 Å². The van der Waals surface area contributed by atoms with Crippen LogP contribution in [-0.4, -0.2) is 4.98 Å². The lowest BCUT2D eigenvalue weighted by atomic mass is 10.2. The predicted molar refractivity (Wildman–Crippen MR) is 75.0 cm³/mol. The number of nitrogens with one attached hydrogen (secondary N) is 1. The van der Waals surface area contributed by atoms with Gasteiger partial charge in [0.25, 0.3) is 0 Å². The van der Waals surface area contributed by atoms with Gasteiger partial charge < -0.3 is 5.32 Å². The molecule has 0 aliphatic rings. The summed E-state index contributed by atoms with van der Waals surface area (Å²) in [7, 11) is 0. The van der Waals surface area contributed by atoms with Crippen molar-refractivity contribution < 1.29 is 0 Å². The molecule has 0 aliphatic carbocycles. The zero-order valence-electron chi connectivity index (χ0n) is 9.96. The van der Waals surface area contributed by atoms with E-state index in [1.165, 1.54) is 10.6 Å². The Morgan fingerprint density at radius 3 is 2.94 bits per heavy atom. The van der Waals surface area contributed by atoms with Gasteiger partial charge in [-0.15, -0.1) is 11.3 Å². The molecule has 0 amide bonds. The van der Waals surface area contributed by atoms with E-state index in [0.717, 1.165) is 29.4 Å². The largest absolute Gasteiger partial charge is 0.378 e. The zero-order valence-corrected chi connectivity index (χ0v) is 11.5. The summed E-state index contributed by atoms with van der Waals surface area (Å²) in [5.74, 6) is 0. The van der Waals surface area contributed by atoms with Crippen LogP contribution in [0.15, 0.2) is 23.6 Å². The Kier molecular flexibility index (Phi) is 4.02. The minimum Gasteiger partial charge on any atom is -0.378 e. The molecule has 1 heterocycles. The molecule has 0 unspecified atom stereocenters. The van der Waals surface area contributed by atoms with Crippen molar-refractivity contribution in [3.8, 4) is 0 Å². The van der Waals surface area contributed by atoms with Crippen LogP contribution in [0.4, 0.5) is 5.69 Å². The minimum atomic E-state index is 0.722. The first-order valence-corrected chi connectivity index (χ1v) is 6.88. The van der Waals surface area contributed by atoms with Crippen LogP contribution in [0.1, 0.15) is 23.2 Å². The first-order chi connectivity index (χ1) is 8.19. The molecule has 0 saturated carbocycles. The monoisotopic (exact) mass is 266 g/mol. The van der Waals surface area contributed by atoms with Gasteiger partial charge in [-0.2, -0.15) is 0 Å². The van der Waals surface area contributed by atoms with Gasteiger partial charge >= 0.3 is 0 Å². The van der Waals surface area contributed by atoms with Gasteiger partial charge in [-0.1, -0.05) is 24.6 Å². The van der Waals surface area contributed by atoms with Crippen LogP contribution in [0.3, 0.4) is 0 Å². The number of nitrogens with zero attached hydrogens (tertiary/aromatic N) is 1. The van der Waals surface area contributed by atoms with Crippen molar-refractivity contribution in [3.05, 3.63) is 44.9 Å². The van der Waals surface area contributed by atoms with Crippen LogP contribution in [0.2, 0.25) is 5.02 Å². The Hall–Kier alpha value is -1.06. The van der Waals surface area contributed by atoms with E-state index in [-0.39, 0.29) is 0 Å². The average molecular weight is 267 g/mol. The Labute approximate surface area is 111 Å². The number of benzene rings is 1. The molecule has 2 nitrogen and oxygen atoms in total. The minimum absolute atomic E-state index is 0.722. The summed E-state index contributed by atoms with van der Waals surface area (Å²) in [5, 5.41) is 7.34. The maximum absolute atomic E-state index is 6.11. The van der Waals surface area contributed by atoms with Gasteiger partial charge in [0, 0.05) is 5.38 Å². The Balaban J connectivity index is 2.04. The second-order valence-electron chi connectivity index (χ2n) is 3.92. The van der Waals surface area contributed by atoms with E-state index in [2.05, 4.69) is 35.6 Å². The average Bonchev–Trinajstić information content (AvgIpc) is 2.78. The highest BCUT2D eigenvalue weighted by Gasteiger charge is 2.03. The first kappa shape index (κ1) is 12.4. The van der Waals surface area contributed by atoms with Crippen molar-refractivity contribution in [2.75, 3.05) is 5.32 Å². The molecule has 0 saturated heterocycles. The highest BCUT2D eigenvalue weighted by atomic mass is 35.5. The molecule has 17 heavy (non-hydrogen) atoms. The molecule has 1 aromatic heterocycles. The molecule has 0 radical (unpaired) electrons. The maximum atomic E-state index is 6.11. The highest BCUT2D eigenvalue weighted by molar-refractivity contribution is 7.09. The van der Waals surface area contributed by atoms with E-state index in [9.17, 15) is 0 Å². The molecule has 0 fully saturated rings. The number of halogens is 1. The number of hydrogen-bond donors (Lipinski definition) is 1. The van der Waals surface area contributed by atoms with Gasteiger partial charge in [0.15, 0.2) is 0 Å². The summed E-state index contributed by atoms with van der Waals surface area (Å²) < 4.78 is 0. The van der Waals surface area contributed by atoms with E-state index in [4.69, 9.17) is 11.6 Å². The van der Waals surface area contributed by atoms with E-state index in [0.29, 0.717) is 0 Å². The molecule has 4 heteroatoms. The second-order valence-corrected chi connectivity index (χ2v) is 5.27. The third kappa shape index (κ3) is 3.20. The van der Waals surface area contributed by atoms with Crippen LogP contribution in [-0.2, 0) is 13.0 Å². The number of rotatable bonds is 4. The first-order valence-electron chi connectivity index (χ1n) is 5.62. The number of aromatic nitrogens is 1. The van der Waals surface area contributed by atoms with Crippen LogP contribution in [0.25, 0.3) is 0 Å².